The van der Waals surface area contributed by atoms with Crippen molar-refractivity contribution in [2.75, 3.05) is 33.4 Å². The summed E-state index contributed by atoms with van der Waals surface area (Å²) < 4.78 is 4.89. The van der Waals surface area contributed by atoms with Crippen molar-refractivity contribution in [3.8, 4) is 0 Å². The first-order valence-corrected chi connectivity index (χ1v) is 6.34. The zero-order valence-corrected chi connectivity index (χ0v) is 11.9. The van der Waals surface area contributed by atoms with Crippen molar-refractivity contribution in [2.24, 2.45) is 11.3 Å². The third kappa shape index (κ3) is 10.3. The van der Waals surface area contributed by atoms with Gasteiger partial charge in [0.05, 0.1) is 13.2 Å². The number of ether oxygens (including phenoxy) is 1. The summed E-state index contributed by atoms with van der Waals surface area (Å²) in [5.74, 6) is 0.708. The largest absolute Gasteiger partial charge is 0.383 e. The van der Waals surface area contributed by atoms with E-state index in [1.807, 2.05) is 0 Å². The third-order valence-corrected chi connectivity index (χ3v) is 2.49. The summed E-state index contributed by atoms with van der Waals surface area (Å²) in [4.78, 5) is 11.5. The SMILES string of the molecule is COCCNCC(=O)NCC(C)(C)CC(C)C. The molecule has 0 atom stereocenters. The average Bonchev–Trinajstić information content (AvgIpc) is 2.20. The maximum Gasteiger partial charge on any atom is 0.233 e. The van der Waals surface area contributed by atoms with E-state index >= 15 is 0 Å². The Bertz CT molecular complexity index is 215. The van der Waals surface area contributed by atoms with Crippen molar-refractivity contribution < 1.29 is 9.53 Å². The minimum Gasteiger partial charge on any atom is -0.383 e. The molecule has 1 amide bonds. The van der Waals surface area contributed by atoms with Crippen molar-refractivity contribution in [1.82, 2.24) is 10.6 Å². The van der Waals surface area contributed by atoms with Crippen LogP contribution in [-0.4, -0.2) is 39.3 Å². The number of carbonyl (C=O) groups is 1. The molecule has 4 heteroatoms. The summed E-state index contributed by atoms with van der Waals surface area (Å²) in [5, 5.41) is 5.99. The number of carbonyl (C=O) groups excluding carboxylic acids is 1. The van der Waals surface area contributed by atoms with Gasteiger partial charge in [-0.15, -0.1) is 0 Å². The van der Waals surface area contributed by atoms with Gasteiger partial charge in [0.2, 0.25) is 5.91 Å². The summed E-state index contributed by atoms with van der Waals surface area (Å²) in [5.41, 5.74) is 0.163. The normalized spacial score (nSPS) is 11.9. The molecule has 4 nitrogen and oxygen atoms in total. The Hall–Kier alpha value is -0.610. The molecule has 0 heterocycles. The molecular formula is C13H28N2O2. The second kappa shape index (κ2) is 8.48. The van der Waals surface area contributed by atoms with Crippen LogP contribution in [0.2, 0.25) is 0 Å². The Labute approximate surface area is 105 Å². The zero-order valence-electron chi connectivity index (χ0n) is 11.9. The van der Waals surface area contributed by atoms with Gasteiger partial charge < -0.3 is 15.4 Å². The lowest BCUT2D eigenvalue weighted by Gasteiger charge is -2.27. The molecule has 0 saturated heterocycles. The maximum atomic E-state index is 11.5. The van der Waals surface area contributed by atoms with Crippen LogP contribution in [0.5, 0.6) is 0 Å². The van der Waals surface area contributed by atoms with E-state index in [0.717, 1.165) is 13.0 Å². The molecule has 2 N–H and O–H groups in total. The minimum absolute atomic E-state index is 0.0536. The van der Waals surface area contributed by atoms with E-state index in [9.17, 15) is 4.79 Å². The van der Waals surface area contributed by atoms with Gasteiger partial charge in [-0.1, -0.05) is 27.7 Å². The van der Waals surface area contributed by atoms with Crippen LogP contribution in [0.1, 0.15) is 34.1 Å². The highest BCUT2D eigenvalue weighted by Crippen LogP contribution is 2.23. The molecule has 0 aliphatic rings. The molecule has 0 aromatic rings. The van der Waals surface area contributed by atoms with Crippen LogP contribution in [0.15, 0.2) is 0 Å². The van der Waals surface area contributed by atoms with E-state index in [-0.39, 0.29) is 11.3 Å². The van der Waals surface area contributed by atoms with Gasteiger partial charge in [-0.05, 0) is 17.8 Å². The third-order valence-electron chi connectivity index (χ3n) is 2.49. The first-order valence-electron chi connectivity index (χ1n) is 6.34. The van der Waals surface area contributed by atoms with Gasteiger partial charge >= 0.3 is 0 Å². The van der Waals surface area contributed by atoms with Gasteiger partial charge in [0.25, 0.3) is 0 Å². The average molecular weight is 244 g/mol. The van der Waals surface area contributed by atoms with Crippen LogP contribution < -0.4 is 10.6 Å². The van der Waals surface area contributed by atoms with Crippen molar-refractivity contribution in [3.05, 3.63) is 0 Å². The predicted molar refractivity (Wildman–Crippen MR) is 71.0 cm³/mol. The Morgan fingerprint density at radius 1 is 1.35 bits per heavy atom. The van der Waals surface area contributed by atoms with Crippen LogP contribution in [0.3, 0.4) is 0 Å². The number of amides is 1. The summed E-state index contributed by atoms with van der Waals surface area (Å²) in [6.07, 6.45) is 1.12. The topological polar surface area (TPSA) is 50.4 Å². The van der Waals surface area contributed by atoms with Crippen LogP contribution in [0.25, 0.3) is 0 Å². The lowest BCUT2D eigenvalue weighted by molar-refractivity contribution is -0.120. The van der Waals surface area contributed by atoms with E-state index in [1.165, 1.54) is 0 Å². The molecule has 0 aliphatic heterocycles. The molecule has 0 aromatic carbocycles. The molecule has 0 rings (SSSR count). The smallest absolute Gasteiger partial charge is 0.233 e. The van der Waals surface area contributed by atoms with E-state index in [0.29, 0.717) is 25.6 Å². The number of nitrogens with one attached hydrogen (secondary N) is 2. The van der Waals surface area contributed by atoms with E-state index in [1.54, 1.807) is 7.11 Å². The standard InChI is InChI=1S/C13H28N2O2/c1-11(2)8-13(3,4)10-15-12(16)9-14-6-7-17-5/h11,14H,6-10H2,1-5H3,(H,15,16). The Morgan fingerprint density at radius 3 is 2.53 bits per heavy atom. The van der Waals surface area contributed by atoms with Crippen molar-refractivity contribution >= 4 is 5.91 Å². The monoisotopic (exact) mass is 244 g/mol. The molecule has 0 spiro atoms. The molecule has 0 saturated carbocycles. The summed E-state index contributed by atoms with van der Waals surface area (Å²) in [7, 11) is 1.65. The molecule has 0 radical (unpaired) electrons. The quantitative estimate of drug-likeness (QED) is 0.603. The van der Waals surface area contributed by atoms with Crippen molar-refractivity contribution in [2.45, 2.75) is 34.1 Å². The van der Waals surface area contributed by atoms with Gasteiger partial charge in [-0.2, -0.15) is 0 Å². The van der Waals surface area contributed by atoms with Gasteiger partial charge in [-0.3, -0.25) is 4.79 Å². The molecule has 17 heavy (non-hydrogen) atoms. The Morgan fingerprint density at radius 2 is 2.00 bits per heavy atom. The number of hydrogen-bond acceptors (Lipinski definition) is 3. The summed E-state index contributed by atoms with van der Waals surface area (Å²) in [6.45, 7) is 11.2. The van der Waals surface area contributed by atoms with Crippen LogP contribution in [-0.2, 0) is 9.53 Å². The van der Waals surface area contributed by atoms with Crippen LogP contribution in [0.4, 0.5) is 0 Å². The van der Waals surface area contributed by atoms with Crippen LogP contribution in [0, 0.1) is 11.3 Å². The molecule has 0 fully saturated rings. The van der Waals surface area contributed by atoms with Crippen LogP contribution >= 0.6 is 0 Å². The van der Waals surface area contributed by atoms with E-state index in [2.05, 4.69) is 38.3 Å². The second-order valence-electron chi connectivity index (χ2n) is 5.71. The maximum absolute atomic E-state index is 11.5. The molecule has 0 unspecified atom stereocenters. The summed E-state index contributed by atoms with van der Waals surface area (Å²) in [6, 6.07) is 0. The Kier molecular flexibility index (Phi) is 8.17. The number of hydrogen-bond donors (Lipinski definition) is 2. The summed E-state index contributed by atoms with van der Waals surface area (Å²) >= 11 is 0. The van der Waals surface area contributed by atoms with Gasteiger partial charge in [0.1, 0.15) is 0 Å². The van der Waals surface area contributed by atoms with E-state index < -0.39 is 0 Å². The van der Waals surface area contributed by atoms with Gasteiger partial charge in [0.15, 0.2) is 0 Å². The first kappa shape index (κ1) is 16.4. The lowest BCUT2D eigenvalue weighted by Crippen LogP contribution is -2.40. The minimum atomic E-state index is 0.0536. The molecule has 0 bridgehead atoms. The molecule has 102 valence electrons. The van der Waals surface area contributed by atoms with Crippen molar-refractivity contribution in [1.29, 1.82) is 0 Å². The molecule has 0 aromatic heterocycles. The molecule has 0 aliphatic carbocycles. The number of rotatable bonds is 9. The Balaban J connectivity index is 3.68. The highest BCUT2D eigenvalue weighted by Gasteiger charge is 2.19. The van der Waals surface area contributed by atoms with Gasteiger partial charge in [-0.25, -0.2) is 0 Å². The fraction of sp³-hybridized carbons (Fsp3) is 0.923. The van der Waals surface area contributed by atoms with Crippen molar-refractivity contribution in [3.63, 3.8) is 0 Å². The fourth-order valence-electron chi connectivity index (χ4n) is 1.95. The lowest BCUT2D eigenvalue weighted by atomic mass is 9.84. The molecular weight excluding hydrogens is 216 g/mol. The number of methoxy groups -OCH3 is 1. The van der Waals surface area contributed by atoms with Gasteiger partial charge in [0, 0.05) is 20.2 Å². The highest BCUT2D eigenvalue weighted by molar-refractivity contribution is 5.77. The first-order chi connectivity index (χ1) is 7.87. The second-order valence-corrected chi connectivity index (χ2v) is 5.71. The highest BCUT2D eigenvalue weighted by atomic mass is 16.5. The zero-order chi connectivity index (χ0) is 13.3. The predicted octanol–water partition coefficient (Wildman–Crippen LogP) is 1.41. The fourth-order valence-corrected chi connectivity index (χ4v) is 1.95. The van der Waals surface area contributed by atoms with E-state index in [4.69, 9.17) is 4.74 Å².